The molecule has 170 valence electrons. The maximum Gasteiger partial charge on any atom is 0.407 e. The molecule has 1 aromatic rings. The summed E-state index contributed by atoms with van der Waals surface area (Å²) in [4.78, 5) is 50.4. The highest BCUT2D eigenvalue weighted by molar-refractivity contribution is 5.88. The molecule has 3 amide bonds. The standard InChI is InChI=1S/C22H31N3O6/c1-22(2,3)31-21(29)24-16(12-18(26)25-11-7-10-17(25)20(23)28)13-19(27)30-14-15-8-5-4-6-9-15/h4-6,8-9,16-17H,7,10-14H2,1-3H3,(H2,23,28)(H,24,29)/t16-,17+/m1/s1. The molecule has 0 bridgehead atoms. The van der Waals surface area contributed by atoms with Crippen LogP contribution in [0.3, 0.4) is 0 Å². The van der Waals surface area contributed by atoms with Gasteiger partial charge >= 0.3 is 12.1 Å². The van der Waals surface area contributed by atoms with Gasteiger partial charge in [0.15, 0.2) is 0 Å². The molecule has 0 aromatic heterocycles. The molecule has 0 spiro atoms. The molecule has 9 nitrogen and oxygen atoms in total. The molecule has 2 rings (SSSR count). The molecular formula is C22H31N3O6. The summed E-state index contributed by atoms with van der Waals surface area (Å²) in [7, 11) is 0. The van der Waals surface area contributed by atoms with E-state index in [0.29, 0.717) is 19.4 Å². The van der Waals surface area contributed by atoms with Crippen molar-refractivity contribution in [2.24, 2.45) is 5.73 Å². The number of nitrogens with zero attached hydrogens (tertiary/aromatic N) is 1. The molecule has 1 aliphatic rings. The molecule has 3 N–H and O–H groups in total. The zero-order valence-electron chi connectivity index (χ0n) is 18.3. The van der Waals surface area contributed by atoms with E-state index in [9.17, 15) is 19.2 Å². The number of ether oxygens (including phenoxy) is 2. The molecule has 31 heavy (non-hydrogen) atoms. The van der Waals surface area contributed by atoms with E-state index < -0.39 is 35.7 Å². The van der Waals surface area contributed by atoms with Crippen LogP contribution < -0.4 is 11.1 Å². The van der Waals surface area contributed by atoms with E-state index in [1.165, 1.54) is 4.90 Å². The van der Waals surface area contributed by atoms with E-state index in [2.05, 4.69) is 5.32 Å². The fraction of sp³-hybridized carbons (Fsp3) is 0.545. The molecule has 2 atom stereocenters. The summed E-state index contributed by atoms with van der Waals surface area (Å²) in [5, 5.41) is 2.58. The molecule has 9 heteroatoms. The predicted octanol–water partition coefficient (Wildman–Crippen LogP) is 1.88. The van der Waals surface area contributed by atoms with E-state index in [1.807, 2.05) is 30.3 Å². The summed E-state index contributed by atoms with van der Waals surface area (Å²) < 4.78 is 10.5. The lowest BCUT2D eigenvalue weighted by atomic mass is 10.1. The molecule has 1 fully saturated rings. The van der Waals surface area contributed by atoms with Crippen LogP contribution in [0.5, 0.6) is 0 Å². The second-order valence-corrected chi connectivity index (χ2v) is 8.55. The normalized spacial score (nSPS) is 17.0. The highest BCUT2D eigenvalue weighted by Gasteiger charge is 2.34. The molecule has 1 heterocycles. The number of primary amides is 1. The minimum absolute atomic E-state index is 0.0860. The number of hydrogen-bond acceptors (Lipinski definition) is 6. The fourth-order valence-corrected chi connectivity index (χ4v) is 3.34. The topological polar surface area (TPSA) is 128 Å². The lowest BCUT2D eigenvalue weighted by Crippen LogP contribution is -2.47. The quantitative estimate of drug-likeness (QED) is 0.603. The first-order chi connectivity index (χ1) is 14.5. The number of hydrogen-bond donors (Lipinski definition) is 2. The number of carbonyl (C=O) groups is 4. The summed E-state index contributed by atoms with van der Waals surface area (Å²) in [5.41, 5.74) is 5.47. The van der Waals surface area contributed by atoms with E-state index in [0.717, 1.165) is 5.56 Å². The lowest BCUT2D eigenvalue weighted by molar-refractivity contribution is -0.146. The van der Waals surface area contributed by atoms with Gasteiger partial charge in [0, 0.05) is 13.0 Å². The maximum absolute atomic E-state index is 12.8. The van der Waals surface area contributed by atoms with Crippen LogP contribution in [-0.4, -0.2) is 53.0 Å². The minimum atomic E-state index is -0.847. The molecule has 0 unspecified atom stereocenters. The third-order valence-electron chi connectivity index (χ3n) is 4.70. The average molecular weight is 434 g/mol. The number of amides is 3. The van der Waals surface area contributed by atoms with Crippen molar-refractivity contribution in [3.05, 3.63) is 35.9 Å². The van der Waals surface area contributed by atoms with Crippen molar-refractivity contribution in [2.75, 3.05) is 6.54 Å². The number of likely N-dealkylation sites (tertiary alicyclic amines) is 1. The summed E-state index contributed by atoms with van der Waals surface area (Å²) in [6.45, 7) is 5.63. The van der Waals surface area contributed by atoms with Crippen molar-refractivity contribution >= 4 is 23.9 Å². The smallest absolute Gasteiger partial charge is 0.407 e. The van der Waals surface area contributed by atoms with Crippen LogP contribution in [0, 0.1) is 0 Å². The van der Waals surface area contributed by atoms with E-state index >= 15 is 0 Å². The highest BCUT2D eigenvalue weighted by atomic mass is 16.6. The fourth-order valence-electron chi connectivity index (χ4n) is 3.34. The van der Waals surface area contributed by atoms with Crippen LogP contribution in [-0.2, 0) is 30.5 Å². The van der Waals surface area contributed by atoms with Gasteiger partial charge in [0.1, 0.15) is 18.2 Å². The van der Waals surface area contributed by atoms with Crippen molar-refractivity contribution in [3.8, 4) is 0 Å². The maximum atomic E-state index is 12.8. The van der Waals surface area contributed by atoms with Gasteiger partial charge in [-0.2, -0.15) is 0 Å². The first-order valence-electron chi connectivity index (χ1n) is 10.3. The summed E-state index contributed by atoms with van der Waals surface area (Å²) in [6, 6.07) is 7.66. The third kappa shape index (κ3) is 8.27. The molecule has 0 aliphatic carbocycles. The second-order valence-electron chi connectivity index (χ2n) is 8.55. The number of nitrogens with one attached hydrogen (secondary N) is 1. The Labute approximate surface area is 182 Å². The van der Waals surface area contributed by atoms with Gasteiger partial charge in [-0.1, -0.05) is 30.3 Å². The van der Waals surface area contributed by atoms with Gasteiger partial charge in [-0.25, -0.2) is 4.79 Å². The van der Waals surface area contributed by atoms with E-state index in [4.69, 9.17) is 15.2 Å². The van der Waals surface area contributed by atoms with Crippen molar-refractivity contribution < 1.29 is 28.7 Å². The van der Waals surface area contributed by atoms with Gasteiger partial charge in [-0.15, -0.1) is 0 Å². The SMILES string of the molecule is CC(C)(C)OC(=O)N[C@@H](CC(=O)OCc1ccccc1)CC(=O)N1CCC[C@H]1C(N)=O. The van der Waals surface area contributed by atoms with Gasteiger partial charge < -0.3 is 25.4 Å². The lowest BCUT2D eigenvalue weighted by Gasteiger charge is -2.26. The van der Waals surface area contributed by atoms with E-state index in [-0.39, 0.29) is 25.4 Å². The van der Waals surface area contributed by atoms with Gasteiger partial charge in [0.25, 0.3) is 0 Å². The Balaban J connectivity index is 2.01. The molecule has 1 aromatic carbocycles. The number of nitrogens with two attached hydrogens (primary N) is 1. The van der Waals surface area contributed by atoms with Crippen LogP contribution >= 0.6 is 0 Å². The number of alkyl carbamates (subject to hydrolysis) is 1. The average Bonchev–Trinajstić information content (AvgIpc) is 3.16. The number of carbonyl (C=O) groups excluding carboxylic acids is 4. The van der Waals surface area contributed by atoms with Crippen LogP contribution in [0.15, 0.2) is 30.3 Å². The zero-order chi connectivity index (χ0) is 23.0. The Hall–Kier alpha value is -3.10. The number of benzene rings is 1. The van der Waals surface area contributed by atoms with Crippen LogP contribution in [0.2, 0.25) is 0 Å². The third-order valence-corrected chi connectivity index (χ3v) is 4.70. The zero-order valence-corrected chi connectivity index (χ0v) is 18.3. The summed E-state index contributed by atoms with van der Waals surface area (Å²) >= 11 is 0. The minimum Gasteiger partial charge on any atom is -0.461 e. The Bertz CT molecular complexity index is 790. The highest BCUT2D eigenvalue weighted by Crippen LogP contribution is 2.19. The molecule has 1 aliphatic heterocycles. The van der Waals surface area contributed by atoms with E-state index in [1.54, 1.807) is 20.8 Å². The molecule has 0 radical (unpaired) electrons. The predicted molar refractivity (Wildman–Crippen MR) is 113 cm³/mol. The molecule has 0 saturated carbocycles. The first kappa shape index (κ1) is 24.2. The first-order valence-corrected chi connectivity index (χ1v) is 10.3. The largest absolute Gasteiger partial charge is 0.461 e. The van der Waals surface area contributed by atoms with Gasteiger partial charge in [-0.05, 0) is 39.2 Å². The Morgan fingerprint density at radius 3 is 2.45 bits per heavy atom. The van der Waals surface area contributed by atoms with Gasteiger partial charge in [0.2, 0.25) is 11.8 Å². The van der Waals surface area contributed by atoms with Gasteiger partial charge in [0.05, 0.1) is 12.5 Å². The second kappa shape index (κ2) is 10.8. The number of rotatable bonds is 8. The van der Waals surface area contributed by atoms with Crippen LogP contribution in [0.1, 0.15) is 52.0 Å². The van der Waals surface area contributed by atoms with Crippen LogP contribution in [0.4, 0.5) is 4.79 Å². The molecular weight excluding hydrogens is 402 g/mol. The van der Waals surface area contributed by atoms with Crippen LogP contribution in [0.25, 0.3) is 0 Å². The Morgan fingerprint density at radius 1 is 1.16 bits per heavy atom. The number of esters is 1. The molecule has 1 saturated heterocycles. The summed E-state index contributed by atoms with van der Waals surface area (Å²) in [5.74, 6) is -1.49. The van der Waals surface area contributed by atoms with Crippen molar-refractivity contribution in [3.63, 3.8) is 0 Å². The van der Waals surface area contributed by atoms with Crippen molar-refractivity contribution in [2.45, 2.75) is 70.7 Å². The Kier molecular flexibility index (Phi) is 8.41. The van der Waals surface area contributed by atoms with Crippen molar-refractivity contribution in [1.82, 2.24) is 10.2 Å². The monoisotopic (exact) mass is 433 g/mol. The Morgan fingerprint density at radius 2 is 1.84 bits per heavy atom. The summed E-state index contributed by atoms with van der Waals surface area (Å²) in [6.07, 6.45) is 0.0394. The van der Waals surface area contributed by atoms with Gasteiger partial charge in [-0.3, -0.25) is 14.4 Å². The van der Waals surface area contributed by atoms with Crippen molar-refractivity contribution in [1.29, 1.82) is 0 Å².